The maximum Gasteiger partial charge on any atom is 0.336 e. The highest BCUT2D eigenvalue weighted by Crippen LogP contribution is 2.69. The fourth-order valence-electron chi connectivity index (χ4n) is 3.73. The van der Waals surface area contributed by atoms with Crippen LogP contribution in [0.2, 0.25) is 5.21 Å². The summed E-state index contributed by atoms with van der Waals surface area (Å²) in [6, 6.07) is 6.19. The summed E-state index contributed by atoms with van der Waals surface area (Å²) in [5.41, 5.74) is -2.46. The number of nitrogens with zero attached hydrogens (tertiary/aromatic N) is 1. The second-order valence-electron chi connectivity index (χ2n) is 6.68. The largest absolute Gasteiger partial charge is 0.456 e. The Morgan fingerprint density at radius 3 is 2.43 bits per heavy atom. The molecule has 0 heterocycles. The monoisotopic (exact) mass is 385 g/mol. The van der Waals surface area contributed by atoms with Gasteiger partial charge in [0.2, 0.25) is 0 Å². The highest BCUT2D eigenvalue weighted by Gasteiger charge is 2.75. The van der Waals surface area contributed by atoms with Crippen molar-refractivity contribution in [1.82, 2.24) is 0 Å². The normalized spacial score (nSPS) is 22.6. The third-order valence-electron chi connectivity index (χ3n) is 4.94. The van der Waals surface area contributed by atoms with Gasteiger partial charge >= 0.3 is 11.8 Å². The van der Waals surface area contributed by atoms with Crippen molar-refractivity contribution in [1.29, 1.82) is 5.26 Å². The molecule has 0 N–H and O–H groups in total. The molecule has 136 valence electrons. The first-order valence-corrected chi connectivity index (χ1v) is 7.87. The Labute approximate surface area is 157 Å². The number of ether oxygens (including phenoxy) is 1. The van der Waals surface area contributed by atoms with Gasteiger partial charge in [0, 0.05) is 11.6 Å². The molecule has 0 fully saturated rings. The van der Waals surface area contributed by atoms with E-state index in [-0.39, 0.29) is 11.3 Å². The third-order valence-corrected chi connectivity index (χ3v) is 4.94. The smallest absolute Gasteiger partial charge is 0.336 e. The average Bonchev–Trinajstić information content (AvgIpc) is 2.90. The fourth-order valence-corrected chi connectivity index (χ4v) is 3.73. The summed E-state index contributed by atoms with van der Waals surface area (Å²) < 4.78 is 76.3. The first kappa shape index (κ1) is 18.5. The minimum absolute atomic E-state index is 0.109. The lowest BCUT2D eigenvalue weighted by atomic mass is 9.47. The Hall–Kier alpha value is -2.82. The van der Waals surface area contributed by atoms with Crippen molar-refractivity contribution < 1.29 is 31.5 Å². The summed E-state index contributed by atoms with van der Waals surface area (Å²) in [7, 11) is 11.1. The third kappa shape index (κ3) is 2.13. The quantitative estimate of drug-likeness (QED) is 0.581. The maximum absolute atomic E-state index is 14.4. The summed E-state index contributed by atoms with van der Waals surface area (Å²) in [5.74, 6) is -14.4. The van der Waals surface area contributed by atoms with Gasteiger partial charge < -0.3 is 4.74 Å². The Balaban J connectivity index is 1.92. The summed E-state index contributed by atoms with van der Waals surface area (Å²) in [6.07, 6.45) is 0. The van der Waals surface area contributed by atoms with E-state index >= 15 is 0 Å². The van der Waals surface area contributed by atoms with E-state index in [0.29, 0.717) is 6.07 Å². The van der Waals surface area contributed by atoms with Crippen molar-refractivity contribution >= 4 is 21.5 Å². The molecule has 0 bridgehead atoms. The molecule has 0 saturated carbocycles. The van der Waals surface area contributed by atoms with Crippen LogP contribution in [0.3, 0.4) is 0 Å². The van der Waals surface area contributed by atoms with E-state index in [1.54, 1.807) is 6.07 Å². The maximum atomic E-state index is 14.4. The lowest BCUT2D eigenvalue weighted by Gasteiger charge is -2.32. The number of halogens is 5. The molecule has 2 aromatic rings. The van der Waals surface area contributed by atoms with Gasteiger partial charge in [0.05, 0.1) is 38.8 Å². The molecule has 10 heteroatoms. The minimum Gasteiger partial charge on any atom is -0.456 e. The highest BCUT2D eigenvalue weighted by atomic mass is 19.3. The van der Waals surface area contributed by atoms with Gasteiger partial charge in [0.1, 0.15) is 17.3 Å². The predicted octanol–water partition coefficient (Wildman–Crippen LogP) is 3.96. The van der Waals surface area contributed by atoms with Crippen molar-refractivity contribution in [3.8, 4) is 17.6 Å². The molecule has 2 aliphatic carbocycles. The SMILES string of the molecule is [B]C1([B])C(=O)c2c(Oc3cc(F)cc(C#N)c3)ccc3c2C1C(F)(F)C3(F)F. The van der Waals surface area contributed by atoms with E-state index in [0.717, 1.165) is 24.3 Å². The molecule has 4 radical (unpaired) electrons. The molecule has 28 heavy (non-hydrogen) atoms. The van der Waals surface area contributed by atoms with Gasteiger partial charge in [-0.25, -0.2) is 4.39 Å². The predicted molar refractivity (Wildman–Crippen MR) is 87.7 cm³/mol. The molecule has 3 nitrogen and oxygen atoms in total. The Bertz CT molecular complexity index is 1090. The van der Waals surface area contributed by atoms with Gasteiger partial charge in [0.25, 0.3) is 0 Å². The van der Waals surface area contributed by atoms with Crippen LogP contribution in [0.25, 0.3) is 0 Å². The van der Waals surface area contributed by atoms with Crippen LogP contribution >= 0.6 is 0 Å². The summed E-state index contributed by atoms with van der Waals surface area (Å²) in [5, 5.41) is 6.11. The lowest BCUT2D eigenvalue weighted by Crippen LogP contribution is -2.43. The van der Waals surface area contributed by atoms with Crippen LogP contribution in [0.1, 0.15) is 33.0 Å². The average molecular weight is 385 g/mol. The molecule has 0 saturated heterocycles. The fraction of sp³-hybridized carbons (Fsp3) is 0.222. The zero-order valence-electron chi connectivity index (χ0n) is 13.8. The van der Waals surface area contributed by atoms with Crippen molar-refractivity contribution in [2.24, 2.45) is 0 Å². The molecular weight excluding hydrogens is 379 g/mol. The van der Waals surface area contributed by atoms with Gasteiger partial charge in [-0.2, -0.15) is 22.8 Å². The lowest BCUT2D eigenvalue weighted by molar-refractivity contribution is -0.215. The number of alkyl halides is 4. The molecule has 1 unspecified atom stereocenters. The van der Waals surface area contributed by atoms with Crippen LogP contribution < -0.4 is 4.74 Å². The van der Waals surface area contributed by atoms with Gasteiger partial charge in [-0.1, -0.05) is 0 Å². The van der Waals surface area contributed by atoms with Crippen LogP contribution in [-0.4, -0.2) is 27.4 Å². The number of benzene rings is 2. The molecule has 2 aromatic carbocycles. The highest BCUT2D eigenvalue weighted by molar-refractivity contribution is 6.55. The van der Waals surface area contributed by atoms with Crippen molar-refractivity contribution in [2.45, 2.75) is 23.0 Å². The number of carbonyl (C=O) groups excluding carboxylic acids is 1. The van der Waals surface area contributed by atoms with Gasteiger partial charge in [-0.3, -0.25) is 4.79 Å². The summed E-state index contributed by atoms with van der Waals surface area (Å²) >= 11 is 0. The Kier molecular flexibility index (Phi) is 3.56. The van der Waals surface area contributed by atoms with Gasteiger partial charge in [-0.15, -0.1) is 0 Å². The molecular formula is C18H6B2F5NO2. The van der Waals surface area contributed by atoms with E-state index < -0.39 is 57.0 Å². The molecule has 4 rings (SSSR count). The zero-order chi connectivity index (χ0) is 20.6. The first-order chi connectivity index (χ1) is 12.9. The molecule has 0 amide bonds. The topological polar surface area (TPSA) is 50.1 Å². The van der Waals surface area contributed by atoms with Crippen molar-refractivity contribution in [3.63, 3.8) is 0 Å². The minimum atomic E-state index is -4.69. The molecule has 0 aromatic heterocycles. The van der Waals surface area contributed by atoms with Crippen LogP contribution in [-0.2, 0) is 5.92 Å². The first-order valence-electron chi connectivity index (χ1n) is 7.87. The van der Waals surface area contributed by atoms with Crippen molar-refractivity contribution in [3.05, 3.63) is 58.4 Å². The number of carbonyl (C=O) groups is 1. The summed E-state index contributed by atoms with van der Waals surface area (Å²) in [6.45, 7) is 0. The Morgan fingerprint density at radius 2 is 1.79 bits per heavy atom. The number of rotatable bonds is 2. The number of ketones is 1. The van der Waals surface area contributed by atoms with Crippen LogP contribution in [0.5, 0.6) is 11.5 Å². The number of hydrogen-bond donors (Lipinski definition) is 0. The van der Waals surface area contributed by atoms with Gasteiger partial charge in [0.15, 0.2) is 5.78 Å². The molecule has 0 spiro atoms. The molecule has 2 aliphatic rings. The number of nitriles is 1. The van der Waals surface area contributed by atoms with E-state index in [2.05, 4.69) is 0 Å². The van der Waals surface area contributed by atoms with Crippen LogP contribution in [0.4, 0.5) is 22.0 Å². The van der Waals surface area contributed by atoms with Crippen molar-refractivity contribution in [2.75, 3.05) is 0 Å². The zero-order valence-corrected chi connectivity index (χ0v) is 13.8. The van der Waals surface area contributed by atoms with E-state index in [9.17, 15) is 26.7 Å². The van der Waals surface area contributed by atoms with E-state index in [1.165, 1.54) is 0 Å². The standard InChI is InChI=1S/C18H6B2F5NO2/c19-16(20)14-12-10(17(22,23)18(14,24)25)1-2-11(13(12)15(16)27)28-9-4-7(6-26)3-8(21)5-9/h1-5,14H. The van der Waals surface area contributed by atoms with E-state index in [1.807, 2.05) is 0 Å². The molecule has 0 aliphatic heterocycles. The summed E-state index contributed by atoms with van der Waals surface area (Å²) in [4.78, 5) is 12.6. The Morgan fingerprint density at radius 1 is 1.11 bits per heavy atom. The van der Waals surface area contributed by atoms with Gasteiger partial charge in [-0.05, 0) is 35.0 Å². The number of Topliss-reactive ketones (excluding diaryl/α,β-unsaturated/α-hetero) is 1. The number of hydrogen-bond acceptors (Lipinski definition) is 3. The molecule has 1 atom stereocenters. The second-order valence-corrected chi connectivity index (χ2v) is 6.68. The van der Waals surface area contributed by atoms with E-state index in [4.69, 9.17) is 25.7 Å². The van der Waals surface area contributed by atoms with Crippen LogP contribution in [0.15, 0.2) is 30.3 Å². The second kappa shape index (κ2) is 5.37. The van der Waals surface area contributed by atoms with Crippen LogP contribution in [0, 0.1) is 17.1 Å².